The zero-order valence-corrected chi connectivity index (χ0v) is 9.99. The molecule has 0 fully saturated rings. The summed E-state index contributed by atoms with van der Waals surface area (Å²) in [5.41, 5.74) is 8.22. The first-order chi connectivity index (χ1) is 8.06. The number of aromatic amines is 1. The first-order valence-electron chi connectivity index (χ1n) is 5.62. The number of H-pyrrole nitrogens is 1. The number of para-hydroxylation sites is 1. The summed E-state index contributed by atoms with van der Waals surface area (Å²) < 4.78 is 5.09. The minimum Gasteiger partial charge on any atom is -0.463 e. The van der Waals surface area contributed by atoms with Crippen molar-refractivity contribution >= 4 is 22.6 Å². The van der Waals surface area contributed by atoms with Gasteiger partial charge >= 0.3 is 5.97 Å². The van der Waals surface area contributed by atoms with Crippen LogP contribution in [-0.2, 0) is 16.0 Å². The van der Waals surface area contributed by atoms with E-state index in [4.69, 9.17) is 10.5 Å². The normalized spacial score (nSPS) is 11.0. The van der Waals surface area contributed by atoms with Crippen LogP contribution < -0.4 is 5.73 Å². The summed E-state index contributed by atoms with van der Waals surface area (Å²) in [6, 6.07) is 7.60. The molecule has 90 valence electrons. The molecule has 0 unspecified atom stereocenters. The summed E-state index contributed by atoms with van der Waals surface area (Å²) in [5.74, 6) is -0.231. The number of anilines is 1. The van der Waals surface area contributed by atoms with Gasteiger partial charge in [0.25, 0.3) is 0 Å². The van der Waals surface area contributed by atoms with Crippen molar-refractivity contribution < 1.29 is 9.53 Å². The number of nitrogens with two attached hydrogens (primary N) is 1. The predicted octanol–water partition coefficient (Wildman–Crippen LogP) is 2.24. The molecule has 0 bridgehead atoms. The number of esters is 1. The monoisotopic (exact) mass is 232 g/mol. The van der Waals surface area contributed by atoms with Crippen molar-refractivity contribution in [1.29, 1.82) is 0 Å². The zero-order chi connectivity index (χ0) is 12.4. The van der Waals surface area contributed by atoms with Crippen molar-refractivity contribution in [3.8, 4) is 0 Å². The number of carbonyl (C=O) groups is 1. The van der Waals surface area contributed by atoms with Crippen molar-refractivity contribution in [2.75, 3.05) is 5.73 Å². The summed E-state index contributed by atoms with van der Waals surface area (Å²) in [7, 11) is 0. The quantitative estimate of drug-likeness (QED) is 0.630. The molecular formula is C13H16N2O2. The highest BCUT2D eigenvalue weighted by atomic mass is 16.5. The molecule has 2 aromatic rings. The molecule has 1 aromatic heterocycles. The maximum absolute atomic E-state index is 11.5. The highest BCUT2D eigenvalue weighted by Gasteiger charge is 2.10. The van der Waals surface area contributed by atoms with Crippen LogP contribution in [0.25, 0.3) is 10.9 Å². The van der Waals surface area contributed by atoms with E-state index in [1.807, 2.05) is 38.1 Å². The van der Waals surface area contributed by atoms with Gasteiger partial charge in [-0.05, 0) is 26.0 Å². The third-order valence-corrected chi connectivity index (χ3v) is 2.45. The lowest BCUT2D eigenvalue weighted by atomic mass is 10.2. The van der Waals surface area contributed by atoms with Crippen LogP contribution in [0.1, 0.15) is 19.5 Å². The lowest BCUT2D eigenvalue weighted by Gasteiger charge is -2.06. The number of rotatable bonds is 3. The average molecular weight is 232 g/mol. The van der Waals surface area contributed by atoms with Gasteiger partial charge in [0, 0.05) is 11.1 Å². The third kappa shape index (κ3) is 2.58. The Hall–Kier alpha value is -1.97. The lowest BCUT2D eigenvalue weighted by Crippen LogP contribution is -2.13. The van der Waals surface area contributed by atoms with Gasteiger partial charge in [-0.1, -0.05) is 12.1 Å². The Morgan fingerprint density at radius 1 is 1.47 bits per heavy atom. The fourth-order valence-electron chi connectivity index (χ4n) is 1.79. The smallest absolute Gasteiger partial charge is 0.312 e. The Balaban J connectivity index is 2.20. The average Bonchev–Trinajstić information content (AvgIpc) is 2.60. The molecule has 4 nitrogen and oxygen atoms in total. The third-order valence-electron chi connectivity index (χ3n) is 2.45. The molecule has 0 aliphatic carbocycles. The summed E-state index contributed by atoms with van der Waals surface area (Å²) in [4.78, 5) is 14.7. The van der Waals surface area contributed by atoms with E-state index in [2.05, 4.69) is 4.98 Å². The molecule has 0 spiro atoms. The molecule has 0 radical (unpaired) electrons. The number of fused-ring (bicyclic) bond motifs is 1. The maximum atomic E-state index is 11.5. The van der Waals surface area contributed by atoms with E-state index < -0.39 is 0 Å². The summed E-state index contributed by atoms with van der Waals surface area (Å²) >= 11 is 0. The van der Waals surface area contributed by atoms with Crippen LogP contribution in [0.15, 0.2) is 24.3 Å². The van der Waals surface area contributed by atoms with E-state index >= 15 is 0 Å². The van der Waals surface area contributed by atoms with E-state index in [-0.39, 0.29) is 18.5 Å². The molecule has 1 aromatic carbocycles. The van der Waals surface area contributed by atoms with Gasteiger partial charge in [-0.15, -0.1) is 0 Å². The Labute approximate surface area is 99.8 Å². The van der Waals surface area contributed by atoms with Gasteiger partial charge in [-0.25, -0.2) is 0 Å². The van der Waals surface area contributed by atoms with Gasteiger partial charge in [0.2, 0.25) is 0 Å². The molecular weight excluding hydrogens is 216 g/mol. The number of benzene rings is 1. The Morgan fingerprint density at radius 3 is 2.88 bits per heavy atom. The van der Waals surface area contributed by atoms with Crippen molar-refractivity contribution in [3.05, 3.63) is 30.0 Å². The maximum Gasteiger partial charge on any atom is 0.312 e. The molecule has 2 rings (SSSR count). The van der Waals surface area contributed by atoms with Crippen LogP contribution in [0.4, 0.5) is 5.69 Å². The van der Waals surface area contributed by atoms with Crippen molar-refractivity contribution in [1.82, 2.24) is 4.98 Å². The fourth-order valence-corrected chi connectivity index (χ4v) is 1.79. The largest absolute Gasteiger partial charge is 0.463 e. The highest BCUT2D eigenvalue weighted by molar-refractivity contribution is 5.91. The summed E-state index contributed by atoms with van der Waals surface area (Å²) in [6.45, 7) is 3.67. The van der Waals surface area contributed by atoms with Crippen LogP contribution in [0.3, 0.4) is 0 Å². The number of nitrogens with one attached hydrogen (secondary N) is 1. The summed E-state index contributed by atoms with van der Waals surface area (Å²) in [5, 5.41) is 1.01. The second kappa shape index (κ2) is 4.49. The van der Waals surface area contributed by atoms with E-state index in [0.29, 0.717) is 5.69 Å². The Kier molecular flexibility index (Phi) is 3.04. The topological polar surface area (TPSA) is 68.1 Å². The van der Waals surface area contributed by atoms with Crippen LogP contribution >= 0.6 is 0 Å². The standard InChI is InChI=1S/C13H16N2O2/c1-8(2)17-12(16)7-10-6-9-4-3-5-11(14)13(9)15-10/h3-6,8,15H,7,14H2,1-2H3. The highest BCUT2D eigenvalue weighted by Crippen LogP contribution is 2.21. The Bertz CT molecular complexity index is 543. The second-order valence-corrected chi connectivity index (χ2v) is 4.32. The molecule has 4 heteroatoms. The van der Waals surface area contributed by atoms with Gasteiger partial charge in [0.05, 0.1) is 23.7 Å². The van der Waals surface area contributed by atoms with Gasteiger partial charge in [-0.2, -0.15) is 0 Å². The molecule has 0 amide bonds. The van der Waals surface area contributed by atoms with Gasteiger partial charge < -0.3 is 15.5 Å². The minimum atomic E-state index is -0.231. The van der Waals surface area contributed by atoms with E-state index in [9.17, 15) is 4.79 Å². The molecule has 0 saturated carbocycles. The number of hydrogen-bond donors (Lipinski definition) is 2. The fraction of sp³-hybridized carbons (Fsp3) is 0.308. The number of nitrogen functional groups attached to an aromatic ring is 1. The van der Waals surface area contributed by atoms with E-state index in [0.717, 1.165) is 16.6 Å². The van der Waals surface area contributed by atoms with Crippen LogP contribution in [0, 0.1) is 0 Å². The lowest BCUT2D eigenvalue weighted by molar-refractivity contribution is -0.146. The van der Waals surface area contributed by atoms with Gasteiger partial charge in [0.1, 0.15) is 0 Å². The first-order valence-corrected chi connectivity index (χ1v) is 5.62. The first kappa shape index (κ1) is 11.5. The van der Waals surface area contributed by atoms with Crippen molar-refractivity contribution in [2.45, 2.75) is 26.4 Å². The molecule has 3 N–H and O–H groups in total. The van der Waals surface area contributed by atoms with Gasteiger partial charge in [-0.3, -0.25) is 4.79 Å². The minimum absolute atomic E-state index is 0.0862. The molecule has 1 heterocycles. The number of hydrogen-bond acceptors (Lipinski definition) is 3. The summed E-state index contributed by atoms with van der Waals surface area (Å²) in [6.07, 6.45) is 0.156. The molecule has 0 atom stereocenters. The van der Waals surface area contributed by atoms with Crippen LogP contribution in [-0.4, -0.2) is 17.1 Å². The molecule has 0 aliphatic rings. The van der Waals surface area contributed by atoms with Crippen LogP contribution in [0.5, 0.6) is 0 Å². The molecule has 17 heavy (non-hydrogen) atoms. The Morgan fingerprint density at radius 2 is 2.24 bits per heavy atom. The number of ether oxygens (including phenoxy) is 1. The van der Waals surface area contributed by atoms with Crippen LogP contribution in [0.2, 0.25) is 0 Å². The predicted molar refractivity (Wildman–Crippen MR) is 67.6 cm³/mol. The number of aromatic nitrogens is 1. The molecule has 0 saturated heterocycles. The van der Waals surface area contributed by atoms with Gasteiger partial charge in [0.15, 0.2) is 0 Å². The zero-order valence-electron chi connectivity index (χ0n) is 9.99. The van der Waals surface area contributed by atoms with Crippen molar-refractivity contribution in [2.24, 2.45) is 0 Å². The second-order valence-electron chi connectivity index (χ2n) is 4.32. The van der Waals surface area contributed by atoms with E-state index in [1.165, 1.54) is 0 Å². The number of carbonyl (C=O) groups excluding carboxylic acids is 1. The van der Waals surface area contributed by atoms with E-state index in [1.54, 1.807) is 0 Å². The SMILES string of the molecule is CC(C)OC(=O)Cc1cc2cccc(N)c2[nH]1. The molecule has 0 aliphatic heterocycles. The van der Waals surface area contributed by atoms with Crippen molar-refractivity contribution in [3.63, 3.8) is 0 Å².